The molecule has 0 unspecified atom stereocenters. The highest BCUT2D eigenvalue weighted by Crippen LogP contribution is 2.37. The highest BCUT2D eigenvalue weighted by atomic mass is 79.9. The van der Waals surface area contributed by atoms with Gasteiger partial charge in [-0.05, 0) is 41.1 Å². The molecule has 0 fully saturated rings. The smallest absolute Gasteiger partial charge is 0.346 e. The fourth-order valence-corrected chi connectivity index (χ4v) is 2.29. The number of halogens is 2. The minimum atomic E-state index is -0.843. The number of benzene rings is 2. The zero-order valence-corrected chi connectivity index (χ0v) is 13.2. The maximum atomic E-state index is 13.6. The van der Waals surface area contributed by atoms with Gasteiger partial charge in [0.05, 0.1) is 28.3 Å². The van der Waals surface area contributed by atoms with Crippen LogP contribution in [-0.4, -0.2) is 12.6 Å². The summed E-state index contributed by atoms with van der Waals surface area (Å²) in [4.78, 5) is 12.1. The van der Waals surface area contributed by atoms with E-state index in [4.69, 9.17) is 14.7 Å². The second-order valence-corrected chi connectivity index (χ2v) is 5.05. The van der Waals surface area contributed by atoms with Gasteiger partial charge < -0.3 is 9.47 Å². The number of ether oxygens (including phenoxy) is 2. The SMILES string of the molecule is CCOc1cc(C#N)cc(Br)c1OC(=O)c1ccccc1F. The largest absolute Gasteiger partial charge is 0.490 e. The summed E-state index contributed by atoms with van der Waals surface area (Å²) in [7, 11) is 0. The van der Waals surface area contributed by atoms with Crippen molar-refractivity contribution in [3.8, 4) is 17.6 Å². The summed E-state index contributed by atoms with van der Waals surface area (Å²) in [6.07, 6.45) is 0. The van der Waals surface area contributed by atoms with Gasteiger partial charge in [-0.25, -0.2) is 9.18 Å². The number of hydrogen-bond donors (Lipinski definition) is 0. The number of carbonyl (C=O) groups excluding carboxylic acids is 1. The summed E-state index contributed by atoms with van der Waals surface area (Å²) in [5.41, 5.74) is 0.169. The van der Waals surface area contributed by atoms with Crippen molar-refractivity contribution in [2.75, 3.05) is 6.61 Å². The van der Waals surface area contributed by atoms with Crippen molar-refractivity contribution < 1.29 is 18.7 Å². The second-order valence-electron chi connectivity index (χ2n) is 4.20. The van der Waals surface area contributed by atoms with E-state index in [1.165, 1.54) is 36.4 Å². The van der Waals surface area contributed by atoms with E-state index in [9.17, 15) is 9.18 Å². The van der Waals surface area contributed by atoms with E-state index in [0.717, 1.165) is 0 Å². The fourth-order valence-electron chi connectivity index (χ4n) is 1.77. The maximum absolute atomic E-state index is 13.6. The van der Waals surface area contributed by atoms with Crippen LogP contribution in [0.15, 0.2) is 40.9 Å². The van der Waals surface area contributed by atoms with Gasteiger partial charge in [0.25, 0.3) is 0 Å². The van der Waals surface area contributed by atoms with E-state index in [1.807, 2.05) is 6.07 Å². The Bertz CT molecular complexity index is 756. The van der Waals surface area contributed by atoms with Crippen LogP contribution in [0, 0.1) is 17.1 Å². The Balaban J connectivity index is 2.39. The van der Waals surface area contributed by atoms with Crippen molar-refractivity contribution >= 4 is 21.9 Å². The molecule has 6 heteroatoms. The van der Waals surface area contributed by atoms with Gasteiger partial charge in [-0.2, -0.15) is 5.26 Å². The number of carbonyl (C=O) groups is 1. The summed E-state index contributed by atoms with van der Waals surface area (Å²) in [6, 6.07) is 10.5. The lowest BCUT2D eigenvalue weighted by molar-refractivity contribution is 0.0722. The zero-order valence-electron chi connectivity index (χ0n) is 11.6. The molecule has 2 aromatic rings. The van der Waals surface area contributed by atoms with Crippen LogP contribution in [0.2, 0.25) is 0 Å². The van der Waals surface area contributed by atoms with E-state index < -0.39 is 11.8 Å². The lowest BCUT2D eigenvalue weighted by Crippen LogP contribution is -2.12. The molecule has 0 aromatic heterocycles. The predicted octanol–water partition coefficient (Wildman–Crippen LogP) is 4.08. The topological polar surface area (TPSA) is 59.3 Å². The summed E-state index contributed by atoms with van der Waals surface area (Å²) >= 11 is 3.23. The summed E-state index contributed by atoms with van der Waals surface area (Å²) < 4.78 is 24.6. The molecule has 0 saturated carbocycles. The normalized spacial score (nSPS) is 9.91. The molecule has 0 N–H and O–H groups in total. The van der Waals surface area contributed by atoms with Crippen molar-refractivity contribution in [3.63, 3.8) is 0 Å². The molecule has 4 nitrogen and oxygen atoms in total. The van der Waals surface area contributed by atoms with Crippen LogP contribution in [0.1, 0.15) is 22.8 Å². The van der Waals surface area contributed by atoms with Crippen molar-refractivity contribution in [2.24, 2.45) is 0 Å². The van der Waals surface area contributed by atoms with Crippen LogP contribution in [-0.2, 0) is 0 Å². The number of hydrogen-bond acceptors (Lipinski definition) is 4. The van der Waals surface area contributed by atoms with E-state index >= 15 is 0 Å². The van der Waals surface area contributed by atoms with Gasteiger partial charge in [0.15, 0.2) is 11.5 Å². The molecule has 0 bridgehead atoms. The van der Waals surface area contributed by atoms with Gasteiger partial charge in [-0.1, -0.05) is 12.1 Å². The standard InChI is InChI=1S/C16H11BrFNO3/c1-2-21-14-8-10(9-19)7-12(17)15(14)22-16(20)11-5-3-4-6-13(11)18/h3-8H,2H2,1H3. The Morgan fingerprint density at radius 1 is 1.36 bits per heavy atom. The zero-order chi connectivity index (χ0) is 16.1. The fraction of sp³-hybridized carbons (Fsp3) is 0.125. The molecule has 2 aromatic carbocycles. The Kier molecular flexibility index (Phi) is 5.12. The molecule has 0 aliphatic rings. The molecular weight excluding hydrogens is 353 g/mol. The Labute approximate surface area is 135 Å². The maximum Gasteiger partial charge on any atom is 0.346 e. The molecule has 2 rings (SSSR count). The van der Waals surface area contributed by atoms with Gasteiger partial charge in [-0.3, -0.25) is 0 Å². The minimum absolute atomic E-state index is 0.106. The molecule has 0 aliphatic heterocycles. The Morgan fingerprint density at radius 3 is 2.73 bits per heavy atom. The molecular formula is C16H11BrFNO3. The molecule has 0 amide bonds. The van der Waals surface area contributed by atoms with Gasteiger partial charge in [0.2, 0.25) is 0 Å². The molecule has 22 heavy (non-hydrogen) atoms. The highest BCUT2D eigenvalue weighted by Gasteiger charge is 2.19. The van der Waals surface area contributed by atoms with Gasteiger partial charge in [-0.15, -0.1) is 0 Å². The van der Waals surface area contributed by atoms with E-state index in [1.54, 1.807) is 6.92 Å². The van der Waals surface area contributed by atoms with Crippen LogP contribution in [0.25, 0.3) is 0 Å². The molecule has 0 atom stereocenters. The number of nitrogens with zero attached hydrogens (tertiary/aromatic N) is 1. The van der Waals surface area contributed by atoms with Gasteiger partial charge in [0.1, 0.15) is 5.82 Å². The summed E-state index contributed by atoms with van der Waals surface area (Å²) in [5, 5.41) is 8.96. The van der Waals surface area contributed by atoms with E-state index in [2.05, 4.69) is 15.9 Å². The third kappa shape index (κ3) is 3.43. The Morgan fingerprint density at radius 2 is 2.09 bits per heavy atom. The van der Waals surface area contributed by atoms with Crippen LogP contribution < -0.4 is 9.47 Å². The van der Waals surface area contributed by atoms with Crippen LogP contribution in [0.3, 0.4) is 0 Å². The first-order valence-corrected chi connectivity index (χ1v) is 7.19. The average Bonchev–Trinajstić information content (AvgIpc) is 2.50. The summed E-state index contributed by atoms with van der Waals surface area (Å²) in [5.74, 6) is -1.17. The van der Waals surface area contributed by atoms with Gasteiger partial charge >= 0.3 is 5.97 Å². The molecule has 0 saturated heterocycles. The molecule has 0 heterocycles. The first kappa shape index (κ1) is 16.0. The molecule has 0 radical (unpaired) electrons. The number of rotatable bonds is 4. The monoisotopic (exact) mass is 363 g/mol. The third-order valence-corrected chi connectivity index (χ3v) is 3.32. The average molecular weight is 364 g/mol. The lowest BCUT2D eigenvalue weighted by atomic mass is 10.2. The first-order valence-electron chi connectivity index (χ1n) is 6.40. The number of esters is 1. The second kappa shape index (κ2) is 7.05. The molecule has 112 valence electrons. The van der Waals surface area contributed by atoms with Gasteiger partial charge in [0, 0.05) is 6.07 Å². The van der Waals surface area contributed by atoms with E-state index in [0.29, 0.717) is 16.6 Å². The highest BCUT2D eigenvalue weighted by molar-refractivity contribution is 9.10. The molecule has 0 aliphatic carbocycles. The quantitative estimate of drug-likeness (QED) is 0.606. The third-order valence-electron chi connectivity index (χ3n) is 2.73. The first-order chi connectivity index (χ1) is 10.6. The van der Waals surface area contributed by atoms with Crippen molar-refractivity contribution in [3.05, 3.63) is 57.8 Å². The van der Waals surface area contributed by atoms with Crippen LogP contribution in [0.5, 0.6) is 11.5 Å². The van der Waals surface area contributed by atoms with E-state index in [-0.39, 0.29) is 17.1 Å². The summed E-state index contributed by atoms with van der Waals surface area (Å²) in [6.45, 7) is 2.08. The van der Waals surface area contributed by atoms with Crippen LogP contribution >= 0.6 is 15.9 Å². The van der Waals surface area contributed by atoms with Crippen molar-refractivity contribution in [2.45, 2.75) is 6.92 Å². The Hall–Kier alpha value is -2.39. The lowest BCUT2D eigenvalue weighted by Gasteiger charge is -2.13. The predicted molar refractivity (Wildman–Crippen MR) is 81.4 cm³/mol. The minimum Gasteiger partial charge on any atom is -0.490 e. The number of nitriles is 1. The van der Waals surface area contributed by atoms with Crippen molar-refractivity contribution in [1.29, 1.82) is 5.26 Å². The molecule has 0 spiro atoms. The van der Waals surface area contributed by atoms with Crippen LogP contribution in [0.4, 0.5) is 4.39 Å². The van der Waals surface area contributed by atoms with Crippen molar-refractivity contribution in [1.82, 2.24) is 0 Å².